The number of carbonyl (C=O) groups excluding carboxylic acids is 2. The molecular weight excluding hydrogens is 436 g/mol. The van der Waals surface area contributed by atoms with Crippen LogP contribution in [0.2, 0.25) is 0 Å². The predicted molar refractivity (Wildman–Crippen MR) is 126 cm³/mol. The van der Waals surface area contributed by atoms with E-state index < -0.39 is 17.9 Å². The number of aromatic nitrogens is 2. The molecule has 9 nitrogen and oxygen atoms in total. The highest BCUT2D eigenvalue weighted by Crippen LogP contribution is 2.25. The molecule has 0 saturated carbocycles. The molecule has 3 N–H and O–H groups in total. The Morgan fingerprint density at radius 1 is 1.15 bits per heavy atom. The summed E-state index contributed by atoms with van der Waals surface area (Å²) in [5.41, 5.74) is 1.42. The number of amides is 1. The molecule has 1 aromatic heterocycles. The summed E-state index contributed by atoms with van der Waals surface area (Å²) in [5.74, 6) is -0.524. The fourth-order valence-corrected chi connectivity index (χ4v) is 3.44. The Bertz CT molecular complexity index is 1080. The lowest BCUT2D eigenvalue weighted by Gasteiger charge is -2.18. The highest BCUT2D eigenvalue weighted by atomic mass is 16.5. The van der Waals surface area contributed by atoms with Crippen molar-refractivity contribution in [3.63, 3.8) is 0 Å². The van der Waals surface area contributed by atoms with E-state index in [9.17, 15) is 14.7 Å². The van der Waals surface area contributed by atoms with Crippen LogP contribution >= 0.6 is 0 Å². The number of unbranched alkanes of at least 4 members (excludes halogenated alkanes) is 1. The van der Waals surface area contributed by atoms with Crippen molar-refractivity contribution in [2.45, 2.75) is 38.6 Å². The first-order valence-electron chi connectivity index (χ1n) is 11.3. The molecule has 0 spiro atoms. The molecule has 34 heavy (non-hydrogen) atoms. The molecule has 9 heteroatoms. The molecule has 0 bridgehead atoms. The third-order valence-corrected chi connectivity index (χ3v) is 5.20. The molecule has 1 heterocycles. The van der Waals surface area contributed by atoms with Crippen LogP contribution in [0.15, 0.2) is 53.1 Å². The summed E-state index contributed by atoms with van der Waals surface area (Å²) in [7, 11) is 1.90. The van der Waals surface area contributed by atoms with Crippen molar-refractivity contribution >= 4 is 11.9 Å². The summed E-state index contributed by atoms with van der Waals surface area (Å²) < 4.78 is 10.4. The third kappa shape index (κ3) is 6.89. The molecule has 3 rings (SSSR count). The van der Waals surface area contributed by atoms with Gasteiger partial charge in [-0.05, 0) is 57.1 Å². The topological polar surface area (TPSA) is 127 Å². The maximum Gasteiger partial charge on any atom is 0.328 e. The Labute approximate surface area is 198 Å². The van der Waals surface area contributed by atoms with Crippen molar-refractivity contribution in [3.8, 4) is 17.1 Å². The largest absolute Gasteiger partial charge is 0.507 e. The summed E-state index contributed by atoms with van der Waals surface area (Å²) in [4.78, 5) is 29.6. The van der Waals surface area contributed by atoms with E-state index in [1.54, 1.807) is 13.0 Å². The smallest absolute Gasteiger partial charge is 0.328 e. The van der Waals surface area contributed by atoms with Crippen LogP contribution in [0.3, 0.4) is 0 Å². The molecule has 0 aliphatic heterocycles. The number of nitrogens with zero attached hydrogens (tertiary/aromatic N) is 2. The van der Waals surface area contributed by atoms with Crippen LogP contribution in [-0.4, -0.2) is 53.4 Å². The van der Waals surface area contributed by atoms with E-state index in [2.05, 4.69) is 20.8 Å². The second-order valence-electron chi connectivity index (χ2n) is 7.77. The fourth-order valence-electron chi connectivity index (χ4n) is 3.44. The number of rotatable bonds is 12. The number of benzene rings is 2. The molecule has 2 aromatic carbocycles. The number of phenolic OH excluding ortho intramolecular Hbond substituents is 1. The average Bonchev–Trinajstić information content (AvgIpc) is 3.31. The maximum absolute atomic E-state index is 12.9. The van der Waals surface area contributed by atoms with Gasteiger partial charge in [0.2, 0.25) is 11.7 Å². The highest BCUT2D eigenvalue weighted by molar-refractivity contribution is 5.99. The first kappa shape index (κ1) is 24.9. The Balaban J connectivity index is 1.69. The molecule has 0 radical (unpaired) electrons. The summed E-state index contributed by atoms with van der Waals surface area (Å²) >= 11 is 0. The van der Waals surface area contributed by atoms with Crippen molar-refractivity contribution in [1.29, 1.82) is 0 Å². The average molecular weight is 467 g/mol. The van der Waals surface area contributed by atoms with E-state index in [0.29, 0.717) is 23.7 Å². The lowest BCUT2D eigenvalue weighted by molar-refractivity contribution is -0.145. The molecular formula is C25H30N4O5. The van der Waals surface area contributed by atoms with Crippen molar-refractivity contribution < 1.29 is 24.0 Å². The van der Waals surface area contributed by atoms with Gasteiger partial charge in [-0.3, -0.25) is 4.79 Å². The second-order valence-corrected chi connectivity index (χ2v) is 7.77. The van der Waals surface area contributed by atoms with Crippen LogP contribution in [0.4, 0.5) is 0 Å². The monoisotopic (exact) mass is 466 g/mol. The first-order chi connectivity index (χ1) is 16.5. The van der Waals surface area contributed by atoms with E-state index in [1.165, 1.54) is 12.1 Å². The van der Waals surface area contributed by atoms with Gasteiger partial charge in [-0.1, -0.05) is 35.5 Å². The minimum Gasteiger partial charge on any atom is -0.507 e. The van der Waals surface area contributed by atoms with E-state index in [1.807, 2.05) is 37.4 Å². The molecule has 1 amide bonds. The third-order valence-electron chi connectivity index (χ3n) is 5.20. The van der Waals surface area contributed by atoms with Crippen LogP contribution in [-0.2, 0) is 22.4 Å². The molecule has 0 aliphatic carbocycles. The molecule has 0 unspecified atom stereocenters. The van der Waals surface area contributed by atoms with E-state index in [4.69, 9.17) is 9.26 Å². The zero-order valence-electron chi connectivity index (χ0n) is 19.4. The number of phenols is 1. The highest BCUT2D eigenvalue weighted by Gasteiger charge is 2.24. The van der Waals surface area contributed by atoms with Crippen LogP contribution in [0, 0.1) is 0 Å². The van der Waals surface area contributed by atoms with Gasteiger partial charge in [0.05, 0.1) is 12.2 Å². The van der Waals surface area contributed by atoms with E-state index >= 15 is 0 Å². The Kier molecular flexibility index (Phi) is 9.16. The van der Waals surface area contributed by atoms with Crippen LogP contribution in [0.25, 0.3) is 11.4 Å². The molecule has 0 saturated heterocycles. The van der Waals surface area contributed by atoms with Gasteiger partial charge in [-0.2, -0.15) is 4.98 Å². The minimum atomic E-state index is -0.892. The van der Waals surface area contributed by atoms with Gasteiger partial charge in [0.1, 0.15) is 11.8 Å². The summed E-state index contributed by atoms with van der Waals surface area (Å²) in [5, 5.41) is 20.2. The van der Waals surface area contributed by atoms with Crippen molar-refractivity contribution in [2.24, 2.45) is 0 Å². The Morgan fingerprint density at radius 2 is 1.94 bits per heavy atom. The summed E-state index contributed by atoms with van der Waals surface area (Å²) in [6.45, 7) is 2.82. The number of aryl methyl sites for hydroxylation is 1. The lowest BCUT2D eigenvalue weighted by Crippen LogP contribution is -2.43. The molecule has 180 valence electrons. The van der Waals surface area contributed by atoms with Crippen molar-refractivity contribution in [3.05, 3.63) is 65.5 Å². The normalized spacial score (nSPS) is 11.7. The lowest BCUT2D eigenvalue weighted by atomic mass is 10.0. The van der Waals surface area contributed by atoms with Crippen LogP contribution < -0.4 is 10.6 Å². The number of aromatic hydroxyl groups is 1. The Morgan fingerprint density at radius 3 is 2.65 bits per heavy atom. The summed E-state index contributed by atoms with van der Waals surface area (Å²) in [6, 6.07) is 12.9. The van der Waals surface area contributed by atoms with Gasteiger partial charge in [0.25, 0.3) is 5.91 Å². The standard InChI is InChI=1S/C25H30N4O5/c1-3-33-25(32)20(15-17-9-5-4-6-10-17)27-24(31)19-13-12-18(16-21(19)30)23-28-22(34-29-23)11-7-8-14-26-2/h4-6,9-10,12-13,16,20,26,30H,3,7-8,11,14-15H2,1-2H3,(H,27,31)/t20-/m0/s1. The molecule has 0 aliphatic rings. The van der Waals surface area contributed by atoms with Crippen LogP contribution in [0.1, 0.15) is 41.6 Å². The van der Waals surface area contributed by atoms with Gasteiger partial charge < -0.3 is 25.0 Å². The van der Waals surface area contributed by atoms with Crippen LogP contribution in [0.5, 0.6) is 5.75 Å². The minimum absolute atomic E-state index is 0.0295. The van der Waals surface area contributed by atoms with Crippen molar-refractivity contribution in [1.82, 2.24) is 20.8 Å². The number of esters is 1. The zero-order chi connectivity index (χ0) is 24.3. The predicted octanol–water partition coefficient (Wildman–Crippen LogP) is 2.89. The molecule has 3 aromatic rings. The second kappa shape index (κ2) is 12.5. The summed E-state index contributed by atoms with van der Waals surface area (Å²) in [6.07, 6.45) is 2.84. The maximum atomic E-state index is 12.9. The number of ether oxygens (including phenoxy) is 1. The van der Waals surface area contributed by atoms with E-state index in [0.717, 1.165) is 24.9 Å². The molecule has 0 fully saturated rings. The first-order valence-corrected chi connectivity index (χ1v) is 11.3. The number of hydrogen-bond acceptors (Lipinski definition) is 8. The molecule has 1 atom stereocenters. The fraction of sp³-hybridized carbons (Fsp3) is 0.360. The van der Waals surface area contributed by atoms with Crippen molar-refractivity contribution in [2.75, 3.05) is 20.2 Å². The van der Waals surface area contributed by atoms with Gasteiger partial charge >= 0.3 is 5.97 Å². The number of hydrogen-bond donors (Lipinski definition) is 3. The number of carbonyl (C=O) groups is 2. The SMILES string of the molecule is CCOC(=O)[C@H](Cc1ccccc1)NC(=O)c1ccc(-c2noc(CCCCNC)n2)cc1O. The number of nitrogens with one attached hydrogen (secondary N) is 2. The van der Waals surface area contributed by atoms with Gasteiger partial charge in [0.15, 0.2) is 0 Å². The van der Waals surface area contributed by atoms with Gasteiger partial charge in [-0.15, -0.1) is 0 Å². The van der Waals surface area contributed by atoms with Gasteiger partial charge in [0, 0.05) is 18.4 Å². The quantitative estimate of drug-likeness (QED) is 0.275. The van der Waals surface area contributed by atoms with Gasteiger partial charge in [-0.25, -0.2) is 4.79 Å². The zero-order valence-corrected chi connectivity index (χ0v) is 19.4. The Hall–Kier alpha value is -3.72. The van der Waals surface area contributed by atoms with E-state index in [-0.39, 0.29) is 24.3 Å².